The van der Waals surface area contributed by atoms with Crippen LogP contribution in [0.25, 0.3) is 11.4 Å². The van der Waals surface area contributed by atoms with E-state index in [0.717, 1.165) is 11.4 Å². The molecule has 0 bridgehead atoms. The van der Waals surface area contributed by atoms with E-state index in [9.17, 15) is 9.59 Å². The molecule has 2 amide bonds. The molecule has 1 aromatic heterocycles. The largest absolute Gasteiger partial charge is 0.326 e. The first-order valence-corrected chi connectivity index (χ1v) is 9.26. The predicted molar refractivity (Wildman–Crippen MR) is 107 cm³/mol. The third-order valence-electron chi connectivity index (χ3n) is 3.67. The SMILES string of the molecule is CC(=O)Nc1cccc(NC(=O)CSc2nnc(-c3ccccc3)n2C)c1. The van der Waals surface area contributed by atoms with Crippen LogP contribution in [0.4, 0.5) is 11.4 Å². The van der Waals surface area contributed by atoms with E-state index in [1.807, 2.05) is 41.9 Å². The number of carbonyl (C=O) groups is 2. The number of carbonyl (C=O) groups excluding carboxylic acids is 2. The van der Waals surface area contributed by atoms with Gasteiger partial charge in [-0.1, -0.05) is 48.2 Å². The average Bonchev–Trinajstić information content (AvgIpc) is 3.01. The first kappa shape index (κ1) is 18.7. The van der Waals surface area contributed by atoms with Crippen LogP contribution in [0.5, 0.6) is 0 Å². The summed E-state index contributed by atoms with van der Waals surface area (Å²) in [6.45, 7) is 1.44. The molecule has 138 valence electrons. The van der Waals surface area contributed by atoms with Gasteiger partial charge in [-0.3, -0.25) is 9.59 Å². The Labute approximate surface area is 161 Å². The molecule has 2 aromatic carbocycles. The molecule has 0 radical (unpaired) electrons. The van der Waals surface area contributed by atoms with Gasteiger partial charge in [0.25, 0.3) is 0 Å². The Morgan fingerprint density at radius 3 is 2.41 bits per heavy atom. The van der Waals surface area contributed by atoms with E-state index in [2.05, 4.69) is 20.8 Å². The standard InChI is InChI=1S/C19H19N5O2S/c1-13(25)20-15-9-6-10-16(11-15)21-17(26)12-27-19-23-22-18(24(19)2)14-7-4-3-5-8-14/h3-11H,12H2,1-2H3,(H,20,25)(H,21,26). The molecular formula is C19H19N5O2S. The fourth-order valence-electron chi connectivity index (χ4n) is 2.48. The zero-order valence-corrected chi connectivity index (χ0v) is 15.8. The van der Waals surface area contributed by atoms with E-state index in [4.69, 9.17) is 0 Å². The number of anilines is 2. The minimum Gasteiger partial charge on any atom is -0.326 e. The fraction of sp³-hybridized carbons (Fsp3) is 0.158. The van der Waals surface area contributed by atoms with Crippen LogP contribution in [0.1, 0.15) is 6.92 Å². The van der Waals surface area contributed by atoms with Gasteiger partial charge in [0.2, 0.25) is 11.8 Å². The van der Waals surface area contributed by atoms with Crippen LogP contribution in [-0.2, 0) is 16.6 Å². The third-order valence-corrected chi connectivity index (χ3v) is 4.69. The van der Waals surface area contributed by atoms with Gasteiger partial charge in [0.1, 0.15) is 0 Å². The van der Waals surface area contributed by atoms with Crippen molar-refractivity contribution in [3.63, 3.8) is 0 Å². The summed E-state index contributed by atoms with van der Waals surface area (Å²) in [7, 11) is 1.87. The van der Waals surface area contributed by atoms with Gasteiger partial charge < -0.3 is 15.2 Å². The van der Waals surface area contributed by atoms with Gasteiger partial charge >= 0.3 is 0 Å². The van der Waals surface area contributed by atoms with E-state index in [1.165, 1.54) is 18.7 Å². The van der Waals surface area contributed by atoms with Crippen molar-refractivity contribution < 1.29 is 9.59 Å². The Morgan fingerprint density at radius 1 is 1.00 bits per heavy atom. The number of nitrogens with one attached hydrogen (secondary N) is 2. The number of thioether (sulfide) groups is 1. The molecule has 2 N–H and O–H groups in total. The maximum atomic E-state index is 12.2. The molecule has 0 atom stereocenters. The number of hydrogen-bond donors (Lipinski definition) is 2. The van der Waals surface area contributed by atoms with Crippen molar-refractivity contribution in [1.82, 2.24) is 14.8 Å². The Kier molecular flexibility index (Phi) is 5.87. The maximum Gasteiger partial charge on any atom is 0.234 e. The van der Waals surface area contributed by atoms with Crippen molar-refractivity contribution in [2.45, 2.75) is 12.1 Å². The minimum absolute atomic E-state index is 0.162. The Balaban J connectivity index is 1.60. The molecule has 0 saturated carbocycles. The molecule has 8 heteroatoms. The van der Waals surface area contributed by atoms with Crippen molar-refractivity contribution in [2.75, 3.05) is 16.4 Å². The fourth-order valence-corrected chi connectivity index (χ4v) is 3.20. The van der Waals surface area contributed by atoms with Gasteiger partial charge in [-0.15, -0.1) is 10.2 Å². The second-order valence-electron chi connectivity index (χ2n) is 5.83. The lowest BCUT2D eigenvalue weighted by Crippen LogP contribution is -2.15. The lowest BCUT2D eigenvalue weighted by atomic mass is 10.2. The first-order valence-electron chi connectivity index (χ1n) is 8.28. The average molecular weight is 381 g/mol. The number of benzene rings is 2. The van der Waals surface area contributed by atoms with E-state index < -0.39 is 0 Å². The molecule has 1 heterocycles. The molecule has 3 aromatic rings. The van der Waals surface area contributed by atoms with Gasteiger partial charge in [0.05, 0.1) is 5.75 Å². The summed E-state index contributed by atoms with van der Waals surface area (Å²) in [6, 6.07) is 16.8. The van der Waals surface area contributed by atoms with Crippen LogP contribution >= 0.6 is 11.8 Å². The summed E-state index contributed by atoms with van der Waals surface area (Å²) in [4.78, 5) is 23.4. The van der Waals surface area contributed by atoms with E-state index in [0.29, 0.717) is 16.5 Å². The molecule has 7 nitrogen and oxygen atoms in total. The van der Waals surface area contributed by atoms with E-state index in [1.54, 1.807) is 24.3 Å². The predicted octanol–water partition coefficient (Wildman–Crippen LogP) is 3.17. The Hall–Kier alpha value is -3.13. The highest BCUT2D eigenvalue weighted by Crippen LogP contribution is 2.22. The number of nitrogens with zero attached hydrogens (tertiary/aromatic N) is 3. The highest BCUT2D eigenvalue weighted by molar-refractivity contribution is 7.99. The molecule has 3 rings (SSSR count). The van der Waals surface area contributed by atoms with Crippen molar-refractivity contribution in [1.29, 1.82) is 0 Å². The number of rotatable bonds is 6. The topological polar surface area (TPSA) is 88.9 Å². The van der Waals surface area contributed by atoms with Crippen LogP contribution < -0.4 is 10.6 Å². The van der Waals surface area contributed by atoms with Crippen LogP contribution in [0.15, 0.2) is 59.8 Å². The lowest BCUT2D eigenvalue weighted by Gasteiger charge is -2.08. The van der Waals surface area contributed by atoms with Gasteiger partial charge in [-0.05, 0) is 18.2 Å². The molecule has 0 aliphatic carbocycles. The number of amides is 2. The molecular weight excluding hydrogens is 362 g/mol. The van der Waals surface area contributed by atoms with Crippen molar-refractivity contribution in [3.05, 3.63) is 54.6 Å². The van der Waals surface area contributed by atoms with Crippen molar-refractivity contribution in [2.24, 2.45) is 7.05 Å². The molecule has 0 fully saturated rings. The van der Waals surface area contributed by atoms with Gasteiger partial charge in [0, 0.05) is 30.9 Å². The number of aromatic nitrogens is 3. The van der Waals surface area contributed by atoms with Gasteiger partial charge in [0.15, 0.2) is 11.0 Å². The summed E-state index contributed by atoms with van der Waals surface area (Å²) in [6.07, 6.45) is 0. The summed E-state index contributed by atoms with van der Waals surface area (Å²) in [5.74, 6) is 0.627. The summed E-state index contributed by atoms with van der Waals surface area (Å²) in [5.41, 5.74) is 2.22. The monoisotopic (exact) mass is 381 g/mol. The summed E-state index contributed by atoms with van der Waals surface area (Å²) < 4.78 is 1.87. The molecule has 0 aliphatic heterocycles. The smallest absolute Gasteiger partial charge is 0.234 e. The lowest BCUT2D eigenvalue weighted by molar-refractivity contribution is -0.114. The normalized spacial score (nSPS) is 10.4. The zero-order valence-electron chi connectivity index (χ0n) is 15.0. The highest BCUT2D eigenvalue weighted by atomic mass is 32.2. The second kappa shape index (κ2) is 8.50. The quantitative estimate of drug-likeness (QED) is 0.640. The molecule has 0 saturated heterocycles. The molecule has 0 spiro atoms. The highest BCUT2D eigenvalue weighted by Gasteiger charge is 2.13. The van der Waals surface area contributed by atoms with Crippen LogP contribution in [-0.4, -0.2) is 32.3 Å². The molecule has 27 heavy (non-hydrogen) atoms. The van der Waals surface area contributed by atoms with E-state index in [-0.39, 0.29) is 17.6 Å². The maximum absolute atomic E-state index is 12.2. The third kappa shape index (κ3) is 4.95. The number of hydrogen-bond acceptors (Lipinski definition) is 5. The summed E-state index contributed by atoms with van der Waals surface area (Å²) in [5, 5.41) is 14.5. The van der Waals surface area contributed by atoms with Crippen molar-refractivity contribution >= 4 is 35.0 Å². The first-order chi connectivity index (χ1) is 13.0. The molecule has 0 unspecified atom stereocenters. The second-order valence-corrected chi connectivity index (χ2v) is 6.77. The van der Waals surface area contributed by atoms with Gasteiger partial charge in [-0.2, -0.15) is 0 Å². The Morgan fingerprint density at radius 2 is 1.70 bits per heavy atom. The molecule has 0 aliphatic rings. The minimum atomic E-state index is -0.163. The van der Waals surface area contributed by atoms with Crippen LogP contribution in [0.2, 0.25) is 0 Å². The van der Waals surface area contributed by atoms with Crippen molar-refractivity contribution in [3.8, 4) is 11.4 Å². The van der Waals surface area contributed by atoms with Crippen LogP contribution in [0, 0.1) is 0 Å². The summed E-state index contributed by atoms with van der Waals surface area (Å²) >= 11 is 1.31. The van der Waals surface area contributed by atoms with Gasteiger partial charge in [-0.25, -0.2) is 0 Å². The zero-order chi connectivity index (χ0) is 19.2. The van der Waals surface area contributed by atoms with E-state index >= 15 is 0 Å². The van der Waals surface area contributed by atoms with Crippen LogP contribution in [0.3, 0.4) is 0 Å². The Bertz CT molecular complexity index is 956.